The zero-order valence-electron chi connectivity index (χ0n) is 22.7. The minimum atomic E-state index is -1.98. The fourth-order valence-electron chi connectivity index (χ4n) is 4.56. The largest absolute Gasteiger partial charge is 0.497 e. The molecule has 2 heterocycles. The van der Waals surface area contributed by atoms with Gasteiger partial charge in [0.25, 0.3) is 5.79 Å². The molecular weight excluding hydrogens is 548 g/mol. The van der Waals surface area contributed by atoms with E-state index >= 15 is 0 Å². The molecule has 1 aromatic heterocycles. The Bertz CT molecular complexity index is 1910. The Kier molecular flexibility index (Phi) is 8.06. The lowest BCUT2D eigenvalue weighted by Crippen LogP contribution is -2.29. The van der Waals surface area contributed by atoms with Gasteiger partial charge in [0.05, 0.1) is 35.9 Å². The van der Waals surface area contributed by atoms with Crippen molar-refractivity contribution in [1.29, 1.82) is 10.5 Å². The third kappa shape index (κ3) is 5.86. The molecule has 4 aromatic carbocycles. The van der Waals surface area contributed by atoms with E-state index in [1.165, 1.54) is 0 Å². The van der Waals surface area contributed by atoms with Crippen LogP contribution in [0.1, 0.15) is 38.2 Å². The molecule has 0 bridgehead atoms. The zero-order valence-corrected chi connectivity index (χ0v) is 22.7. The summed E-state index contributed by atoms with van der Waals surface area (Å²) < 4.78 is 15.6. The number of hydrogen-bond donors (Lipinski definition) is 1. The van der Waals surface area contributed by atoms with Crippen molar-refractivity contribution in [1.82, 2.24) is 10.3 Å². The van der Waals surface area contributed by atoms with Crippen LogP contribution in [-0.2, 0) is 21.7 Å². The van der Waals surface area contributed by atoms with Crippen LogP contribution in [-0.4, -0.2) is 34.8 Å². The van der Waals surface area contributed by atoms with Crippen LogP contribution in [0.15, 0.2) is 101 Å². The number of carbonyl (C=O) groups is 2. The average Bonchev–Trinajstić information content (AvgIpc) is 3.63. The maximum atomic E-state index is 13.1. The molecule has 210 valence electrons. The quantitative estimate of drug-likeness (QED) is 0.220. The monoisotopic (exact) mass is 570 g/mol. The number of aldehydes is 1. The summed E-state index contributed by atoms with van der Waals surface area (Å²) in [5, 5.41) is 36.8. The molecule has 0 fully saturated rings. The van der Waals surface area contributed by atoms with E-state index in [1.54, 1.807) is 98.1 Å². The Morgan fingerprint density at radius 3 is 2.12 bits per heavy atom. The molecule has 0 saturated heterocycles. The van der Waals surface area contributed by atoms with Crippen LogP contribution >= 0.6 is 0 Å². The van der Waals surface area contributed by atoms with Crippen molar-refractivity contribution >= 4 is 28.9 Å². The van der Waals surface area contributed by atoms with Gasteiger partial charge in [-0.1, -0.05) is 30.3 Å². The minimum Gasteiger partial charge on any atom is -0.497 e. The van der Waals surface area contributed by atoms with Crippen LogP contribution in [0.5, 0.6) is 5.75 Å². The summed E-state index contributed by atoms with van der Waals surface area (Å²) in [5.41, 5.74) is 5.04. The first-order valence-electron chi connectivity index (χ1n) is 12.9. The molecule has 6 rings (SSSR count). The van der Waals surface area contributed by atoms with E-state index in [4.69, 9.17) is 24.6 Å². The van der Waals surface area contributed by atoms with Gasteiger partial charge in [-0.2, -0.15) is 10.5 Å². The molecule has 0 radical (unpaired) electrons. The Hall–Kier alpha value is -6.10. The first-order valence-corrected chi connectivity index (χ1v) is 12.9. The molecule has 1 N–H and O–H groups in total. The molecule has 0 aliphatic carbocycles. The van der Waals surface area contributed by atoms with Gasteiger partial charge in [-0.25, -0.2) is 9.42 Å². The fourth-order valence-corrected chi connectivity index (χ4v) is 4.56. The molecule has 1 unspecified atom stereocenters. The highest BCUT2D eigenvalue weighted by Gasteiger charge is 2.48. The van der Waals surface area contributed by atoms with Crippen molar-refractivity contribution in [3.05, 3.63) is 130 Å². The van der Waals surface area contributed by atoms with Crippen molar-refractivity contribution in [2.75, 3.05) is 7.11 Å². The van der Waals surface area contributed by atoms with Crippen LogP contribution in [0.25, 0.3) is 16.6 Å². The predicted molar refractivity (Wildman–Crippen MR) is 153 cm³/mol. The number of hydrogen-bond acceptors (Lipinski definition) is 10. The minimum absolute atomic E-state index is 0.213. The van der Waals surface area contributed by atoms with Crippen molar-refractivity contribution in [2.24, 2.45) is 0 Å². The van der Waals surface area contributed by atoms with E-state index in [0.717, 1.165) is 11.8 Å². The Balaban J connectivity index is 0.000000314. The van der Waals surface area contributed by atoms with E-state index in [1.807, 2.05) is 6.07 Å². The zero-order chi connectivity index (χ0) is 30.4. The summed E-state index contributed by atoms with van der Waals surface area (Å²) in [6, 6.07) is 29.2. The van der Waals surface area contributed by atoms with Crippen molar-refractivity contribution in [3.63, 3.8) is 0 Å². The predicted octanol–water partition coefficient (Wildman–Crippen LogP) is 4.87. The van der Waals surface area contributed by atoms with Gasteiger partial charge in [0, 0.05) is 23.1 Å². The number of esters is 1. The average molecular weight is 571 g/mol. The van der Waals surface area contributed by atoms with Gasteiger partial charge in [0.15, 0.2) is 0 Å². The van der Waals surface area contributed by atoms with Gasteiger partial charge < -0.3 is 14.6 Å². The summed E-state index contributed by atoms with van der Waals surface area (Å²) in [5.74, 6) is -2.04. The van der Waals surface area contributed by atoms with Gasteiger partial charge in [-0.05, 0) is 82.1 Å². The summed E-state index contributed by atoms with van der Waals surface area (Å²) in [7, 11) is 1.54. The molecule has 1 aliphatic rings. The number of nitrogens with zero attached hydrogens (tertiary/aromatic N) is 4. The molecule has 0 spiro atoms. The van der Waals surface area contributed by atoms with E-state index in [0.29, 0.717) is 50.2 Å². The van der Waals surface area contributed by atoms with Crippen LogP contribution in [0.2, 0.25) is 0 Å². The second kappa shape index (κ2) is 12.2. The number of fused-ring (bicyclic) bond motifs is 1. The van der Waals surface area contributed by atoms with Gasteiger partial charge in [-0.15, -0.1) is 0 Å². The summed E-state index contributed by atoms with van der Waals surface area (Å²) >= 11 is 0. The lowest BCUT2D eigenvalue weighted by molar-refractivity contribution is -0.185. The summed E-state index contributed by atoms with van der Waals surface area (Å²) in [6.07, 6.45) is 0.964. The van der Waals surface area contributed by atoms with E-state index in [2.05, 4.69) is 16.4 Å². The number of rotatable bonds is 6. The Morgan fingerprint density at radius 2 is 1.51 bits per heavy atom. The fraction of sp³-hybridized carbons (Fsp3) is 0.0909. The molecule has 10 nitrogen and oxygen atoms in total. The topological polar surface area (TPSA) is 159 Å². The standard InChI is InChI=1S/C25H17N3O5.C8H5NO/c1-31-19-9-7-18(8-10-19)25(30)20(12-15-2-4-16(14-26)5-3-15)23(24(29)32-25)17-6-11-21-22(13-17)28-33-27-21;9-5-7-1-3-8(6-10)4-2-7/h2-11,13,30H,12H2,1H3;1-4,6H. The normalized spacial score (nSPS) is 15.6. The second-order valence-electron chi connectivity index (χ2n) is 9.42. The number of cyclic esters (lactones) is 1. The lowest BCUT2D eigenvalue weighted by Gasteiger charge is -2.26. The smallest absolute Gasteiger partial charge is 0.342 e. The van der Waals surface area contributed by atoms with Crippen LogP contribution in [0.4, 0.5) is 0 Å². The molecular formula is C33H22N4O6. The Morgan fingerprint density at radius 1 is 0.884 bits per heavy atom. The van der Waals surface area contributed by atoms with Crippen LogP contribution in [0.3, 0.4) is 0 Å². The number of nitriles is 2. The molecule has 5 aromatic rings. The van der Waals surface area contributed by atoms with E-state index in [9.17, 15) is 14.7 Å². The lowest BCUT2D eigenvalue weighted by atomic mass is 9.88. The number of aliphatic hydroxyl groups is 1. The number of aromatic nitrogens is 2. The highest BCUT2D eigenvalue weighted by molar-refractivity contribution is 6.20. The third-order valence-corrected chi connectivity index (χ3v) is 6.82. The molecule has 1 atom stereocenters. The summed E-state index contributed by atoms with van der Waals surface area (Å²) in [4.78, 5) is 23.2. The molecule has 0 saturated carbocycles. The summed E-state index contributed by atoms with van der Waals surface area (Å²) in [6.45, 7) is 0. The molecule has 43 heavy (non-hydrogen) atoms. The van der Waals surface area contributed by atoms with Crippen molar-refractivity contribution in [3.8, 4) is 17.9 Å². The maximum Gasteiger partial charge on any atom is 0.342 e. The third-order valence-electron chi connectivity index (χ3n) is 6.82. The number of carbonyl (C=O) groups excluding carboxylic acids is 2. The van der Waals surface area contributed by atoms with Gasteiger partial charge >= 0.3 is 5.97 Å². The van der Waals surface area contributed by atoms with Crippen LogP contribution < -0.4 is 4.74 Å². The maximum absolute atomic E-state index is 13.1. The first kappa shape index (κ1) is 28.4. The molecule has 0 amide bonds. The highest BCUT2D eigenvalue weighted by atomic mass is 16.7. The van der Waals surface area contributed by atoms with Crippen LogP contribution in [0, 0.1) is 22.7 Å². The van der Waals surface area contributed by atoms with Gasteiger partial charge in [0.2, 0.25) is 0 Å². The Labute approximate surface area is 245 Å². The molecule has 10 heteroatoms. The van der Waals surface area contributed by atoms with E-state index < -0.39 is 11.8 Å². The van der Waals surface area contributed by atoms with Gasteiger partial charge in [0.1, 0.15) is 23.1 Å². The van der Waals surface area contributed by atoms with Crippen molar-refractivity contribution < 1.29 is 28.8 Å². The number of ether oxygens (including phenoxy) is 2. The highest BCUT2D eigenvalue weighted by Crippen LogP contribution is 2.45. The van der Waals surface area contributed by atoms with Gasteiger partial charge in [-0.3, -0.25) is 4.79 Å². The SMILES string of the molecule is COc1ccc(C2(O)OC(=O)C(c3ccc4nonc4c3)=C2Cc2ccc(C#N)cc2)cc1.N#Cc1ccc(C=O)cc1. The van der Waals surface area contributed by atoms with Crippen molar-refractivity contribution in [2.45, 2.75) is 12.2 Å². The molecule has 1 aliphatic heterocycles. The second-order valence-corrected chi connectivity index (χ2v) is 9.42. The number of methoxy groups -OCH3 is 1. The number of benzene rings is 4. The van der Waals surface area contributed by atoms with E-state index in [-0.39, 0.29) is 12.0 Å². The first-order chi connectivity index (χ1) is 20.9.